The van der Waals surface area contributed by atoms with Gasteiger partial charge in [0.25, 0.3) is 0 Å². The van der Waals surface area contributed by atoms with E-state index < -0.39 is 8.03 Å². The van der Waals surface area contributed by atoms with Gasteiger partial charge in [0.2, 0.25) is 5.30 Å². The molecule has 0 radical (unpaired) electrons. The molecule has 1 aromatic heterocycles. The molecule has 1 aromatic carbocycles. The summed E-state index contributed by atoms with van der Waals surface area (Å²) in [5.74, 6) is 0.607. The van der Waals surface area contributed by atoms with Gasteiger partial charge in [0.1, 0.15) is 0 Å². The van der Waals surface area contributed by atoms with E-state index in [0.29, 0.717) is 11.1 Å². The maximum Gasteiger partial charge on any atom is 0.597 e. The minimum absolute atomic E-state index is 0.607. The smallest absolute Gasteiger partial charge is 0.264 e. The molecule has 0 saturated carbocycles. The molecule has 2 aromatic rings. The SMILES string of the molecule is O=[P+](Oc1ccccc1)c1ccncc1. The first-order valence-corrected chi connectivity index (χ1v) is 5.64. The summed E-state index contributed by atoms with van der Waals surface area (Å²) in [6.07, 6.45) is 3.19. The number of aromatic nitrogens is 1. The highest BCUT2D eigenvalue weighted by Crippen LogP contribution is 2.25. The van der Waals surface area contributed by atoms with Crippen molar-refractivity contribution in [1.29, 1.82) is 0 Å². The Hall–Kier alpha value is -1.73. The third-order valence-corrected chi connectivity index (χ3v) is 2.90. The second-order valence-electron chi connectivity index (χ2n) is 2.87. The van der Waals surface area contributed by atoms with Gasteiger partial charge in [-0.15, -0.1) is 0 Å². The molecule has 3 nitrogen and oxygen atoms in total. The molecule has 0 bridgehead atoms. The normalized spacial score (nSPS) is 10.8. The molecule has 0 amide bonds. The fraction of sp³-hybridized carbons (Fsp3) is 0. The largest absolute Gasteiger partial charge is 0.597 e. The molecule has 1 unspecified atom stereocenters. The lowest BCUT2D eigenvalue weighted by atomic mass is 10.3. The van der Waals surface area contributed by atoms with Gasteiger partial charge >= 0.3 is 8.03 Å². The van der Waals surface area contributed by atoms with E-state index in [1.165, 1.54) is 0 Å². The Labute approximate surface area is 88.6 Å². The van der Waals surface area contributed by atoms with Crippen LogP contribution < -0.4 is 9.83 Å². The molecule has 0 fully saturated rings. The average molecular weight is 218 g/mol. The second kappa shape index (κ2) is 4.67. The lowest BCUT2D eigenvalue weighted by Crippen LogP contribution is -1.99. The van der Waals surface area contributed by atoms with E-state index in [-0.39, 0.29) is 0 Å². The Morgan fingerprint density at radius 2 is 1.67 bits per heavy atom. The van der Waals surface area contributed by atoms with Crippen LogP contribution in [0.1, 0.15) is 0 Å². The van der Waals surface area contributed by atoms with Crippen LogP contribution in [-0.2, 0) is 4.57 Å². The number of rotatable bonds is 3. The predicted octanol–water partition coefficient (Wildman–Crippen LogP) is 2.53. The Balaban J connectivity index is 2.12. The van der Waals surface area contributed by atoms with Crippen molar-refractivity contribution in [1.82, 2.24) is 4.98 Å². The average Bonchev–Trinajstić information content (AvgIpc) is 2.31. The van der Waals surface area contributed by atoms with Crippen molar-refractivity contribution in [2.45, 2.75) is 0 Å². The highest BCUT2D eigenvalue weighted by Gasteiger charge is 2.22. The zero-order valence-corrected chi connectivity index (χ0v) is 8.80. The van der Waals surface area contributed by atoms with Crippen LogP contribution in [-0.4, -0.2) is 4.98 Å². The molecule has 4 heteroatoms. The highest BCUT2D eigenvalue weighted by molar-refractivity contribution is 7.48. The van der Waals surface area contributed by atoms with Crippen molar-refractivity contribution >= 4 is 13.3 Å². The Bertz CT molecular complexity index is 445. The van der Waals surface area contributed by atoms with Crippen molar-refractivity contribution < 1.29 is 9.09 Å². The number of hydrogen-bond acceptors (Lipinski definition) is 3. The summed E-state index contributed by atoms with van der Waals surface area (Å²) >= 11 is 0. The Kier molecular flexibility index (Phi) is 3.05. The molecule has 0 N–H and O–H groups in total. The van der Waals surface area contributed by atoms with Crippen LogP contribution in [0.3, 0.4) is 0 Å². The summed E-state index contributed by atoms with van der Waals surface area (Å²) in [4.78, 5) is 3.85. The molecule has 1 heterocycles. The molecular formula is C11H9NO2P+. The quantitative estimate of drug-likeness (QED) is 0.743. The first-order valence-electron chi connectivity index (χ1n) is 4.46. The molecular weight excluding hydrogens is 209 g/mol. The third kappa shape index (κ3) is 2.61. The van der Waals surface area contributed by atoms with Crippen molar-refractivity contribution in [3.8, 4) is 5.75 Å². The molecule has 2 rings (SSSR count). The minimum atomic E-state index is -1.84. The van der Waals surface area contributed by atoms with Crippen LogP contribution in [0, 0.1) is 0 Å². The van der Waals surface area contributed by atoms with Gasteiger partial charge in [0.15, 0.2) is 5.75 Å². The summed E-state index contributed by atoms with van der Waals surface area (Å²) < 4.78 is 17.0. The second-order valence-corrected chi connectivity index (χ2v) is 4.08. The summed E-state index contributed by atoms with van der Waals surface area (Å²) in [6.45, 7) is 0. The number of nitrogens with zero attached hydrogens (tertiary/aromatic N) is 1. The summed E-state index contributed by atoms with van der Waals surface area (Å²) in [5.41, 5.74) is 0. The predicted molar refractivity (Wildman–Crippen MR) is 58.5 cm³/mol. The molecule has 1 atom stereocenters. The number of para-hydroxylation sites is 1. The first kappa shape index (κ1) is 9.81. The van der Waals surface area contributed by atoms with E-state index in [4.69, 9.17) is 4.52 Å². The van der Waals surface area contributed by atoms with Crippen LogP contribution in [0.15, 0.2) is 54.9 Å². The molecule has 15 heavy (non-hydrogen) atoms. The van der Waals surface area contributed by atoms with Gasteiger partial charge in [0, 0.05) is 24.5 Å². The third-order valence-electron chi connectivity index (χ3n) is 1.81. The summed E-state index contributed by atoms with van der Waals surface area (Å²) in [5, 5.41) is 0.642. The number of hydrogen-bond donors (Lipinski definition) is 0. The van der Waals surface area contributed by atoms with E-state index in [1.807, 2.05) is 18.2 Å². The molecule has 0 aliphatic rings. The first-order chi connectivity index (χ1) is 7.36. The fourth-order valence-electron chi connectivity index (χ4n) is 1.10. The van der Waals surface area contributed by atoms with E-state index >= 15 is 0 Å². The molecule has 0 aliphatic carbocycles. The molecule has 0 spiro atoms. The summed E-state index contributed by atoms with van der Waals surface area (Å²) in [7, 11) is -1.84. The monoisotopic (exact) mass is 218 g/mol. The van der Waals surface area contributed by atoms with Gasteiger partial charge in [-0.1, -0.05) is 18.2 Å². The van der Waals surface area contributed by atoms with Crippen molar-refractivity contribution in [2.75, 3.05) is 0 Å². The van der Waals surface area contributed by atoms with Crippen molar-refractivity contribution in [3.05, 3.63) is 54.9 Å². The minimum Gasteiger partial charge on any atom is -0.264 e. The zero-order valence-electron chi connectivity index (χ0n) is 7.91. The van der Waals surface area contributed by atoms with Crippen molar-refractivity contribution in [3.63, 3.8) is 0 Å². The molecule has 0 aliphatic heterocycles. The Morgan fingerprint density at radius 1 is 1.00 bits per heavy atom. The van der Waals surface area contributed by atoms with Crippen molar-refractivity contribution in [2.24, 2.45) is 0 Å². The van der Waals surface area contributed by atoms with Gasteiger partial charge in [0.05, 0.1) is 0 Å². The lowest BCUT2D eigenvalue weighted by Gasteiger charge is -1.91. The maximum atomic E-state index is 11.7. The van der Waals surface area contributed by atoms with Crippen LogP contribution in [0.25, 0.3) is 0 Å². The van der Waals surface area contributed by atoms with E-state index in [1.54, 1.807) is 36.7 Å². The zero-order chi connectivity index (χ0) is 10.5. The number of pyridine rings is 1. The van der Waals surface area contributed by atoms with Gasteiger partial charge < -0.3 is 0 Å². The van der Waals surface area contributed by atoms with E-state index in [0.717, 1.165) is 0 Å². The van der Waals surface area contributed by atoms with Gasteiger partial charge in [-0.05, 0) is 16.7 Å². The topological polar surface area (TPSA) is 39.2 Å². The maximum absolute atomic E-state index is 11.7. The fourth-order valence-corrected chi connectivity index (χ4v) is 1.89. The van der Waals surface area contributed by atoms with Gasteiger partial charge in [-0.3, -0.25) is 9.51 Å². The van der Waals surface area contributed by atoms with Crippen LogP contribution in [0.5, 0.6) is 5.75 Å². The molecule has 0 saturated heterocycles. The number of benzene rings is 1. The Morgan fingerprint density at radius 3 is 2.33 bits per heavy atom. The van der Waals surface area contributed by atoms with Gasteiger partial charge in [-0.2, -0.15) is 0 Å². The summed E-state index contributed by atoms with van der Waals surface area (Å²) in [6, 6.07) is 12.5. The molecule has 74 valence electrons. The van der Waals surface area contributed by atoms with Crippen LogP contribution in [0.2, 0.25) is 0 Å². The van der Waals surface area contributed by atoms with E-state index in [2.05, 4.69) is 4.98 Å². The standard InChI is InChI=1S/C11H9NO2P/c13-15(11-6-8-12-9-7-11)14-10-4-2-1-3-5-10/h1-9H/q+1. The van der Waals surface area contributed by atoms with Gasteiger partial charge in [-0.25, -0.2) is 0 Å². The lowest BCUT2D eigenvalue weighted by molar-refractivity contribution is 0.514. The highest BCUT2D eigenvalue weighted by atomic mass is 31.1. The van der Waals surface area contributed by atoms with Crippen LogP contribution >= 0.6 is 8.03 Å². The van der Waals surface area contributed by atoms with Crippen LogP contribution in [0.4, 0.5) is 0 Å². The van der Waals surface area contributed by atoms with E-state index in [9.17, 15) is 4.57 Å².